The molecule has 1 saturated carbocycles. The fourth-order valence-electron chi connectivity index (χ4n) is 1.81. The molecular weight excluding hydrogens is 239 g/mol. The molecule has 0 aromatic heterocycles. The third kappa shape index (κ3) is 2.89. The van der Waals surface area contributed by atoms with E-state index >= 15 is 0 Å². The van der Waals surface area contributed by atoms with Gasteiger partial charge in [0.15, 0.2) is 0 Å². The Morgan fingerprint density at radius 2 is 1.88 bits per heavy atom. The minimum atomic E-state index is -4.34. The quantitative estimate of drug-likeness (QED) is 0.775. The Bertz CT molecular complexity index is 323. The Labute approximate surface area is 96.4 Å². The van der Waals surface area contributed by atoms with Gasteiger partial charge in [-0.05, 0) is 12.8 Å². The second kappa shape index (κ2) is 4.54. The molecule has 0 aromatic carbocycles. The average molecular weight is 253 g/mol. The van der Waals surface area contributed by atoms with Gasteiger partial charge in [-0.2, -0.15) is 13.2 Å². The lowest BCUT2D eigenvalue weighted by Gasteiger charge is -2.38. The molecule has 1 N–H and O–H groups in total. The summed E-state index contributed by atoms with van der Waals surface area (Å²) >= 11 is 0. The lowest BCUT2D eigenvalue weighted by molar-refractivity contribution is -0.168. The summed E-state index contributed by atoms with van der Waals surface area (Å²) in [5, 5.41) is 8.96. The van der Waals surface area contributed by atoms with E-state index in [0.29, 0.717) is 6.42 Å². The van der Waals surface area contributed by atoms with Crippen molar-refractivity contribution in [3.05, 3.63) is 0 Å². The van der Waals surface area contributed by atoms with Gasteiger partial charge in [0.1, 0.15) is 5.41 Å². The zero-order chi connectivity index (χ0) is 13.3. The largest absolute Gasteiger partial charge is 0.480 e. The van der Waals surface area contributed by atoms with Crippen LogP contribution in [-0.2, 0) is 9.59 Å². The first-order valence-corrected chi connectivity index (χ1v) is 5.25. The van der Waals surface area contributed by atoms with Gasteiger partial charge in [0, 0.05) is 13.6 Å². The van der Waals surface area contributed by atoms with Crippen molar-refractivity contribution in [3.63, 3.8) is 0 Å². The molecule has 17 heavy (non-hydrogen) atoms. The summed E-state index contributed by atoms with van der Waals surface area (Å²) in [5.41, 5.74) is -1.49. The zero-order valence-corrected chi connectivity index (χ0v) is 9.38. The highest BCUT2D eigenvalue weighted by atomic mass is 19.4. The molecule has 1 aliphatic rings. The fourth-order valence-corrected chi connectivity index (χ4v) is 1.81. The van der Waals surface area contributed by atoms with Crippen LogP contribution in [0.2, 0.25) is 0 Å². The summed E-state index contributed by atoms with van der Waals surface area (Å²) in [6, 6.07) is 0. The van der Waals surface area contributed by atoms with Gasteiger partial charge in [-0.25, -0.2) is 0 Å². The van der Waals surface area contributed by atoms with Gasteiger partial charge in [0.05, 0.1) is 6.42 Å². The molecule has 0 atom stereocenters. The second-order valence-corrected chi connectivity index (χ2v) is 4.33. The minimum absolute atomic E-state index is 0.206. The van der Waals surface area contributed by atoms with Crippen LogP contribution in [0.4, 0.5) is 13.2 Å². The van der Waals surface area contributed by atoms with Crippen LogP contribution in [0.1, 0.15) is 25.7 Å². The van der Waals surface area contributed by atoms with E-state index in [0.717, 1.165) is 4.90 Å². The van der Waals surface area contributed by atoms with Gasteiger partial charge in [0.25, 0.3) is 0 Å². The number of carbonyl (C=O) groups is 2. The number of hydrogen-bond donors (Lipinski definition) is 1. The Balaban J connectivity index is 2.60. The van der Waals surface area contributed by atoms with Crippen LogP contribution in [0, 0.1) is 5.41 Å². The highest BCUT2D eigenvalue weighted by Crippen LogP contribution is 2.42. The standard InChI is InChI=1S/C10H14F3NO3/c1-14(6-5-10(11,12)13)7(15)9(8(16)17)3-2-4-9/h2-6H2,1H3,(H,16,17). The number of aliphatic carboxylic acids is 1. The number of halogens is 3. The molecule has 7 heteroatoms. The van der Waals surface area contributed by atoms with Gasteiger partial charge in [-0.3, -0.25) is 9.59 Å². The van der Waals surface area contributed by atoms with Crippen molar-refractivity contribution in [2.45, 2.75) is 31.9 Å². The molecule has 0 radical (unpaired) electrons. The number of carboxylic acid groups (broad SMARTS) is 1. The number of nitrogens with zero attached hydrogens (tertiary/aromatic N) is 1. The van der Waals surface area contributed by atoms with Crippen LogP contribution in [0.15, 0.2) is 0 Å². The molecule has 4 nitrogen and oxygen atoms in total. The Morgan fingerprint density at radius 1 is 1.35 bits per heavy atom. The summed E-state index contributed by atoms with van der Waals surface area (Å²) in [5.74, 6) is -1.96. The maximum atomic E-state index is 12.0. The van der Waals surface area contributed by atoms with Crippen LogP contribution in [-0.4, -0.2) is 41.7 Å². The normalized spacial score (nSPS) is 18.4. The van der Waals surface area contributed by atoms with Crippen LogP contribution < -0.4 is 0 Å². The van der Waals surface area contributed by atoms with E-state index in [9.17, 15) is 22.8 Å². The smallest absolute Gasteiger partial charge is 0.390 e. The maximum absolute atomic E-state index is 12.0. The Morgan fingerprint density at radius 3 is 2.18 bits per heavy atom. The first kappa shape index (κ1) is 13.8. The van der Waals surface area contributed by atoms with Crippen molar-refractivity contribution < 1.29 is 27.9 Å². The predicted octanol–water partition coefficient (Wildman–Crippen LogP) is 1.65. The van der Waals surface area contributed by atoms with Gasteiger partial charge in [-0.15, -0.1) is 0 Å². The molecule has 0 heterocycles. The molecule has 98 valence electrons. The van der Waals surface area contributed by atoms with Crippen LogP contribution >= 0.6 is 0 Å². The molecule has 0 aliphatic heterocycles. The SMILES string of the molecule is CN(CCC(F)(F)F)C(=O)C1(C(=O)O)CCC1. The number of alkyl halides is 3. The van der Waals surface area contributed by atoms with Gasteiger partial charge in [0.2, 0.25) is 5.91 Å². The lowest BCUT2D eigenvalue weighted by atomic mass is 9.68. The van der Waals surface area contributed by atoms with E-state index in [-0.39, 0.29) is 12.8 Å². The number of rotatable bonds is 4. The van der Waals surface area contributed by atoms with E-state index < -0.39 is 36.4 Å². The molecule has 0 aromatic rings. The predicted molar refractivity (Wildman–Crippen MR) is 52.2 cm³/mol. The summed E-state index contributed by atoms with van der Waals surface area (Å²) in [7, 11) is 1.21. The van der Waals surface area contributed by atoms with Crippen LogP contribution in [0.3, 0.4) is 0 Å². The number of amides is 1. The number of carboxylic acids is 1. The number of hydrogen-bond acceptors (Lipinski definition) is 2. The molecule has 0 unspecified atom stereocenters. The molecule has 1 amide bonds. The summed E-state index contributed by atoms with van der Waals surface area (Å²) in [4.78, 5) is 23.6. The van der Waals surface area contributed by atoms with Crippen LogP contribution in [0.25, 0.3) is 0 Å². The first-order valence-electron chi connectivity index (χ1n) is 5.25. The monoisotopic (exact) mass is 253 g/mol. The first-order chi connectivity index (χ1) is 7.69. The van der Waals surface area contributed by atoms with Crippen molar-refractivity contribution in [3.8, 4) is 0 Å². The van der Waals surface area contributed by atoms with E-state index in [1.807, 2.05) is 0 Å². The number of carbonyl (C=O) groups excluding carboxylic acids is 1. The van der Waals surface area contributed by atoms with E-state index in [1.54, 1.807) is 0 Å². The summed E-state index contributed by atoms with van der Waals surface area (Å²) < 4.78 is 35.9. The molecular formula is C10H14F3NO3. The highest BCUT2D eigenvalue weighted by Gasteiger charge is 2.52. The van der Waals surface area contributed by atoms with Crippen molar-refractivity contribution >= 4 is 11.9 Å². The van der Waals surface area contributed by atoms with Gasteiger partial charge in [-0.1, -0.05) is 6.42 Å². The third-order valence-electron chi connectivity index (χ3n) is 3.10. The topological polar surface area (TPSA) is 57.6 Å². The van der Waals surface area contributed by atoms with Gasteiger partial charge < -0.3 is 10.0 Å². The van der Waals surface area contributed by atoms with Gasteiger partial charge >= 0.3 is 12.1 Å². The van der Waals surface area contributed by atoms with Crippen molar-refractivity contribution in [2.75, 3.05) is 13.6 Å². The Kier molecular flexibility index (Phi) is 3.68. The molecule has 1 rings (SSSR count). The van der Waals surface area contributed by atoms with E-state index in [1.165, 1.54) is 7.05 Å². The summed E-state index contributed by atoms with van der Waals surface area (Å²) in [6.45, 7) is -0.503. The second-order valence-electron chi connectivity index (χ2n) is 4.33. The third-order valence-corrected chi connectivity index (χ3v) is 3.10. The highest BCUT2D eigenvalue weighted by molar-refractivity contribution is 6.02. The van der Waals surface area contributed by atoms with Crippen molar-refractivity contribution in [1.29, 1.82) is 0 Å². The fraction of sp³-hybridized carbons (Fsp3) is 0.800. The zero-order valence-electron chi connectivity index (χ0n) is 9.38. The molecule has 0 saturated heterocycles. The molecule has 1 aliphatic carbocycles. The molecule has 1 fully saturated rings. The minimum Gasteiger partial charge on any atom is -0.480 e. The van der Waals surface area contributed by atoms with Crippen molar-refractivity contribution in [1.82, 2.24) is 4.90 Å². The average Bonchev–Trinajstić information content (AvgIpc) is 2.10. The lowest BCUT2D eigenvalue weighted by Crippen LogP contribution is -2.52. The Hall–Kier alpha value is -1.27. The maximum Gasteiger partial charge on any atom is 0.390 e. The van der Waals surface area contributed by atoms with E-state index in [2.05, 4.69) is 0 Å². The molecule has 0 bridgehead atoms. The van der Waals surface area contributed by atoms with Crippen LogP contribution in [0.5, 0.6) is 0 Å². The molecule has 0 spiro atoms. The summed E-state index contributed by atoms with van der Waals surface area (Å²) in [6.07, 6.45) is -4.43. The van der Waals surface area contributed by atoms with E-state index in [4.69, 9.17) is 5.11 Å². The van der Waals surface area contributed by atoms with Crippen molar-refractivity contribution in [2.24, 2.45) is 5.41 Å².